The summed E-state index contributed by atoms with van der Waals surface area (Å²) < 4.78 is 22.1. The Bertz CT molecular complexity index is 785. The number of methoxy groups -OCH3 is 1. The molecule has 1 saturated heterocycles. The molecule has 0 saturated carbocycles. The summed E-state index contributed by atoms with van der Waals surface area (Å²) in [5.74, 6) is 0.663. The van der Waals surface area contributed by atoms with E-state index in [9.17, 15) is 9.59 Å². The number of amides is 2. The molecule has 2 atom stereocenters. The Morgan fingerprint density at radius 2 is 2.14 bits per heavy atom. The average Bonchev–Trinajstić information content (AvgIpc) is 3.23. The Labute approximate surface area is 170 Å². The van der Waals surface area contributed by atoms with E-state index in [2.05, 4.69) is 10.6 Å². The molecule has 2 N–H and O–H groups in total. The van der Waals surface area contributed by atoms with E-state index in [0.717, 1.165) is 19.3 Å². The molecule has 3 rings (SSSR count). The summed E-state index contributed by atoms with van der Waals surface area (Å²) in [5, 5.41) is 5.45. The van der Waals surface area contributed by atoms with E-state index < -0.39 is 12.0 Å². The largest absolute Gasteiger partial charge is 0.493 e. The molecule has 29 heavy (non-hydrogen) atoms. The van der Waals surface area contributed by atoms with E-state index in [1.807, 2.05) is 13.0 Å². The van der Waals surface area contributed by atoms with Gasteiger partial charge in [-0.1, -0.05) is 13.0 Å². The van der Waals surface area contributed by atoms with E-state index in [4.69, 9.17) is 18.9 Å². The quantitative estimate of drug-likeness (QED) is 0.647. The lowest BCUT2D eigenvalue weighted by Crippen LogP contribution is -2.45. The molecule has 158 valence electrons. The Hall–Kier alpha value is -2.74. The van der Waals surface area contributed by atoms with Crippen LogP contribution in [-0.2, 0) is 14.3 Å². The van der Waals surface area contributed by atoms with Crippen molar-refractivity contribution in [2.75, 3.05) is 26.9 Å². The molecule has 2 heterocycles. The van der Waals surface area contributed by atoms with Crippen LogP contribution in [0.25, 0.3) is 0 Å². The number of esters is 1. The zero-order chi connectivity index (χ0) is 20.8. The normalized spacial score (nSPS) is 21.4. The van der Waals surface area contributed by atoms with E-state index in [0.29, 0.717) is 41.5 Å². The lowest BCUT2D eigenvalue weighted by molar-refractivity contribution is -0.142. The van der Waals surface area contributed by atoms with Crippen LogP contribution in [0.3, 0.4) is 0 Å². The van der Waals surface area contributed by atoms with Crippen molar-refractivity contribution in [1.29, 1.82) is 0 Å². The van der Waals surface area contributed by atoms with E-state index in [1.54, 1.807) is 26.2 Å². The molecule has 0 aliphatic carbocycles. The first-order chi connectivity index (χ1) is 14.0. The highest BCUT2D eigenvalue weighted by atomic mass is 16.6. The van der Waals surface area contributed by atoms with Gasteiger partial charge in [0, 0.05) is 12.3 Å². The highest BCUT2D eigenvalue weighted by Gasteiger charge is 2.33. The molecule has 0 spiro atoms. The maximum atomic E-state index is 12.8. The molecule has 2 amide bonds. The predicted octanol–water partition coefficient (Wildman–Crippen LogP) is 2.83. The molecule has 1 fully saturated rings. The Morgan fingerprint density at radius 1 is 1.31 bits per heavy atom. The van der Waals surface area contributed by atoms with Gasteiger partial charge in [0.1, 0.15) is 6.61 Å². The van der Waals surface area contributed by atoms with Gasteiger partial charge in [0.2, 0.25) is 0 Å². The van der Waals surface area contributed by atoms with Crippen molar-refractivity contribution in [3.05, 3.63) is 35.0 Å². The minimum absolute atomic E-state index is 0.0699. The average molecular weight is 404 g/mol. The summed E-state index contributed by atoms with van der Waals surface area (Å²) in [6, 6.07) is 4.32. The first kappa shape index (κ1) is 21.0. The molecule has 8 nitrogen and oxygen atoms in total. The molecular weight excluding hydrogens is 376 g/mol. The van der Waals surface area contributed by atoms with Gasteiger partial charge in [-0.25, -0.2) is 9.59 Å². The molecule has 0 aromatic heterocycles. The Kier molecular flexibility index (Phi) is 6.98. The molecule has 1 aromatic rings. The number of carbonyl (C=O) groups excluding carboxylic acids is 2. The number of urea groups is 1. The monoisotopic (exact) mass is 404 g/mol. The van der Waals surface area contributed by atoms with Crippen LogP contribution in [0.4, 0.5) is 4.79 Å². The number of allylic oxidation sites excluding steroid dienone is 1. The minimum Gasteiger partial charge on any atom is -0.493 e. The molecule has 2 aliphatic heterocycles. The third-order valence-corrected chi connectivity index (χ3v) is 4.90. The maximum Gasteiger partial charge on any atom is 0.338 e. The number of hydrogen-bond donors (Lipinski definition) is 2. The topological polar surface area (TPSA) is 95.1 Å². The van der Waals surface area contributed by atoms with Crippen LogP contribution in [0.15, 0.2) is 29.5 Å². The standard InChI is InChI=1S/C21H28N2O6/c1-4-9-28-16-8-7-14(11-17(16)26-3)19-18(13(2)22-21(25)23-19)20(24)29-12-15-6-5-10-27-15/h7-8,11,15,19H,4-6,9-10,12H2,1-3H3,(H2,22,23,25)/t15-,19+/m0/s1. The molecule has 2 aliphatic rings. The fourth-order valence-electron chi connectivity index (χ4n) is 3.43. The summed E-state index contributed by atoms with van der Waals surface area (Å²) in [5.41, 5.74) is 1.51. The predicted molar refractivity (Wildman–Crippen MR) is 106 cm³/mol. The van der Waals surface area contributed by atoms with Crippen molar-refractivity contribution in [2.45, 2.75) is 45.3 Å². The van der Waals surface area contributed by atoms with Crippen LogP contribution in [0, 0.1) is 0 Å². The minimum atomic E-state index is -0.658. The summed E-state index contributed by atoms with van der Waals surface area (Å²) in [4.78, 5) is 24.9. The summed E-state index contributed by atoms with van der Waals surface area (Å²) >= 11 is 0. The Morgan fingerprint density at radius 3 is 2.83 bits per heavy atom. The summed E-state index contributed by atoms with van der Waals surface area (Å²) in [6.07, 6.45) is 2.65. The van der Waals surface area contributed by atoms with E-state index >= 15 is 0 Å². The second kappa shape index (κ2) is 9.65. The lowest BCUT2D eigenvalue weighted by atomic mass is 9.95. The van der Waals surface area contributed by atoms with Crippen molar-refractivity contribution in [2.24, 2.45) is 0 Å². The SMILES string of the molecule is CCCOc1ccc([C@H]2NC(=O)NC(C)=C2C(=O)OC[C@@H]2CCCO2)cc1OC. The van der Waals surface area contributed by atoms with Gasteiger partial charge in [0.15, 0.2) is 11.5 Å². The Balaban J connectivity index is 1.83. The second-order valence-electron chi connectivity index (χ2n) is 7.06. The molecule has 0 bridgehead atoms. The van der Waals surface area contributed by atoms with Crippen LogP contribution in [-0.4, -0.2) is 45.0 Å². The first-order valence-corrected chi connectivity index (χ1v) is 9.91. The van der Waals surface area contributed by atoms with Gasteiger partial charge in [-0.2, -0.15) is 0 Å². The molecule has 8 heteroatoms. The van der Waals surface area contributed by atoms with Crippen molar-refractivity contribution in [3.63, 3.8) is 0 Å². The number of ether oxygens (including phenoxy) is 4. The van der Waals surface area contributed by atoms with Gasteiger partial charge in [0.25, 0.3) is 0 Å². The van der Waals surface area contributed by atoms with E-state index in [1.165, 1.54) is 0 Å². The lowest BCUT2D eigenvalue weighted by Gasteiger charge is -2.28. The highest BCUT2D eigenvalue weighted by Crippen LogP contribution is 2.34. The zero-order valence-electron chi connectivity index (χ0n) is 17.1. The van der Waals surface area contributed by atoms with Gasteiger partial charge < -0.3 is 29.6 Å². The fourth-order valence-corrected chi connectivity index (χ4v) is 3.43. The molecule has 1 aromatic carbocycles. The highest BCUT2D eigenvalue weighted by molar-refractivity contribution is 5.95. The molecule has 0 unspecified atom stereocenters. The number of nitrogens with one attached hydrogen (secondary N) is 2. The van der Waals surface area contributed by atoms with Gasteiger partial charge >= 0.3 is 12.0 Å². The second-order valence-corrected chi connectivity index (χ2v) is 7.06. The van der Waals surface area contributed by atoms with Gasteiger partial charge in [-0.3, -0.25) is 0 Å². The fraction of sp³-hybridized carbons (Fsp3) is 0.524. The van der Waals surface area contributed by atoms with Crippen LogP contribution >= 0.6 is 0 Å². The van der Waals surface area contributed by atoms with Gasteiger partial charge in [-0.15, -0.1) is 0 Å². The third kappa shape index (κ3) is 5.00. The summed E-state index contributed by atoms with van der Waals surface area (Å²) in [7, 11) is 1.55. The zero-order valence-corrected chi connectivity index (χ0v) is 17.1. The maximum absolute atomic E-state index is 12.8. The number of carbonyl (C=O) groups is 2. The van der Waals surface area contributed by atoms with Gasteiger partial charge in [0.05, 0.1) is 31.4 Å². The molecular formula is C21H28N2O6. The number of hydrogen-bond acceptors (Lipinski definition) is 6. The van der Waals surface area contributed by atoms with E-state index in [-0.39, 0.29) is 18.7 Å². The summed E-state index contributed by atoms with van der Waals surface area (Å²) in [6.45, 7) is 5.16. The first-order valence-electron chi connectivity index (χ1n) is 9.91. The van der Waals surface area contributed by atoms with Crippen molar-refractivity contribution in [1.82, 2.24) is 10.6 Å². The van der Waals surface area contributed by atoms with Crippen LogP contribution in [0.2, 0.25) is 0 Å². The van der Waals surface area contributed by atoms with Crippen LogP contribution in [0.1, 0.15) is 44.7 Å². The van der Waals surface area contributed by atoms with Crippen molar-refractivity contribution >= 4 is 12.0 Å². The van der Waals surface area contributed by atoms with Gasteiger partial charge in [-0.05, 0) is 43.9 Å². The van der Waals surface area contributed by atoms with Crippen LogP contribution < -0.4 is 20.1 Å². The van der Waals surface area contributed by atoms with Crippen molar-refractivity contribution < 1.29 is 28.5 Å². The van der Waals surface area contributed by atoms with Crippen molar-refractivity contribution in [3.8, 4) is 11.5 Å². The molecule has 0 radical (unpaired) electrons. The van der Waals surface area contributed by atoms with Crippen LogP contribution in [0.5, 0.6) is 11.5 Å². The smallest absolute Gasteiger partial charge is 0.338 e. The number of benzene rings is 1. The number of rotatable bonds is 8. The third-order valence-electron chi connectivity index (χ3n) is 4.90.